The molecule has 0 aliphatic heterocycles. The van der Waals surface area contributed by atoms with Gasteiger partial charge in [-0.25, -0.2) is 0 Å². The van der Waals surface area contributed by atoms with Crippen LogP contribution in [0.4, 0.5) is 0 Å². The Hall–Kier alpha value is -0.380. The van der Waals surface area contributed by atoms with Gasteiger partial charge in [-0.05, 0) is 25.7 Å². The molecule has 0 aromatic carbocycles. The molecule has 1 aliphatic carbocycles. The normalized spacial score (nSPS) is 22.2. The van der Waals surface area contributed by atoms with Gasteiger partial charge in [-0.15, -0.1) is 0 Å². The van der Waals surface area contributed by atoms with Crippen LogP contribution in [0.5, 0.6) is 0 Å². The van der Waals surface area contributed by atoms with Crippen LogP contribution in [-0.4, -0.2) is 27.3 Å². The van der Waals surface area contributed by atoms with E-state index in [1.165, 1.54) is 64.7 Å². The standard InChI is InChI=1S/C20H38O3S/c1-3-4-5-6-7-8-9-10-11-14-17-24(22)20-16-13-12-15-19(20)23-18(2)21/h19-20H,3-17H2,1-2H3/t19?,20?,24-/m0/s1. The predicted octanol–water partition coefficient (Wildman–Crippen LogP) is 5.53. The van der Waals surface area contributed by atoms with Gasteiger partial charge in [0.05, 0.1) is 5.25 Å². The Bertz CT molecular complexity index is 357. The van der Waals surface area contributed by atoms with E-state index in [1.807, 2.05) is 0 Å². The van der Waals surface area contributed by atoms with E-state index in [4.69, 9.17) is 4.74 Å². The van der Waals surface area contributed by atoms with Crippen molar-refractivity contribution in [2.75, 3.05) is 5.75 Å². The van der Waals surface area contributed by atoms with Crippen molar-refractivity contribution < 1.29 is 13.7 Å². The van der Waals surface area contributed by atoms with Crippen LogP contribution in [0, 0.1) is 0 Å². The molecular weight excluding hydrogens is 320 g/mol. The Kier molecular flexibility index (Phi) is 12.5. The molecule has 1 rings (SSSR count). The summed E-state index contributed by atoms with van der Waals surface area (Å²) in [6.07, 6.45) is 16.9. The summed E-state index contributed by atoms with van der Waals surface area (Å²) in [6, 6.07) is 0. The monoisotopic (exact) mass is 358 g/mol. The maximum absolute atomic E-state index is 12.5. The van der Waals surface area contributed by atoms with Crippen molar-refractivity contribution in [1.29, 1.82) is 0 Å². The van der Waals surface area contributed by atoms with Gasteiger partial charge in [-0.3, -0.25) is 9.00 Å². The van der Waals surface area contributed by atoms with Crippen LogP contribution in [0.1, 0.15) is 104 Å². The number of hydrogen-bond donors (Lipinski definition) is 0. The molecule has 0 spiro atoms. The molecular formula is C20H38O3S. The summed E-state index contributed by atoms with van der Waals surface area (Å²) >= 11 is 0. The minimum atomic E-state index is -0.843. The lowest BCUT2D eigenvalue weighted by molar-refractivity contribution is -0.147. The van der Waals surface area contributed by atoms with E-state index in [2.05, 4.69) is 6.92 Å². The van der Waals surface area contributed by atoms with Crippen LogP contribution >= 0.6 is 0 Å². The van der Waals surface area contributed by atoms with Gasteiger partial charge in [0.2, 0.25) is 0 Å². The highest BCUT2D eigenvalue weighted by atomic mass is 32.2. The topological polar surface area (TPSA) is 43.4 Å². The summed E-state index contributed by atoms with van der Waals surface area (Å²) in [5.74, 6) is 0.543. The summed E-state index contributed by atoms with van der Waals surface area (Å²) in [4.78, 5) is 11.2. The van der Waals surface area contributed by atoms with Gasteiger partial charge in [-0.2, -0.15) is 0 Å². The van der Waals surface area contributed by atoms with Gasteiger partial charge in [-0.1, -0.05) is 71.1 Å². The molecule has 0 radical (unpaired) electrons. The summed E-state index contributed by atoms with van der Waals surface area (Å²) in [5.41, 5.74) is 0. The van der Waals surface area contributed by atoms with Crippen molar-refractivity contribution in [3.63, 3.8) is 0 Å². The van der Waals surface area contributed by atoms with E-state index in [0.717, 1.165) is 37.9 Å². The summed E-state index contributed by atoms with van der Waals surface area (Å²) in [7, 11) is -0.843. The van der Waals surface area contributed by atoms with Gasteiger partial charge in [0.15, 0.2) is 0 Å². The first-order valence-electron chi connectivity index (χ1n) is 10.2. The lowest BCUT2D eigenvalue weighted by Crippen LogP contribution is -2.37. The zero-order chi connectivity index (χ0) is 17.6. The van der Waals surface area contributed by atoms with E-state index in [1.54, 1.807) is 0 Å². The Morgan fingerprint density at radius 2 is 1.46 bits per heavy atom. The smallest absolute Gasteiger partial charge is 0.302 e. The molecule has 24 heavy (non-hydrogen) atoms. The Balaban J connectivity index is 2.07. The number of unbranched alkanes of at least 4 members (excludes halogenated alkanes) is 9. The third kappa shape index (κ3) is 9.80. The zero-order valence-corrected chi connectivity index (χ0v) is 16.7. The van der Waals surface area contributed by atoms with Crippen LogP contribution in [0.15, 0.2) is 0 Å². The van der Waals surface area contributed by atoms with Gasteiger partial charge in [0, 0.05) is 23.5 Å². The molecule has 0 aromatic rings. The third-order valence-corrected chi connectivity index (χ3v) is 6.90. The second-order valence-electron chi connectivity index (χ2n) is 7.24. The largest absolute Gasteiger partial charge is 0.461 e. The molecule has 0 aromatic heterocycles. The highest BCUT2D eigenvalue weighted by Gasteiger charge is 2.31. The highest BCUT2D eigenvalue weighted by Crippen LogP contribution is 2.26. The minimum absolute atomic E-state index is 0.0706. The molecule has 4 heteroatoms. The molecule has 0 bridgehead atoms. The fourth-order valence-corrected chi connectivity index (χ4v) is 5.35. The van der Waals surface area contributed by atoms with Crippen molar-refractivity contribution in [2.24, 2.45) is 0 Å². The third-order valence-electron chi connectivity index (χ3n) is 5.00. The number of carbonyl (C=O) groups is 1. The number of rotatable bonds is 13. The van der Waals surface area contributed by atoms with Gasteiger partial charge in [0.25, 0.3) is 0 Å². The van der Waals surface area contributed by atoms with E-state index in [0.29, 0.717) is 0 Å². The summed E-state index contributed by atoms with van der Waals surface area (Å²) in [6.45, 7) is 3.71. The van der Waals surface area contributed by atoms with Crippen molar-refractivity contribution in [2.45, 2.75) is 115 Å². The number of hydrogen-bond acceptors (Lipinski definition) is 3. The molecule has 1 saturated carbocycles. The molecule has 3 nitrogen and oxygen atoms in total. The van der Waals surface area contributed by atoms with Gasteiger partial charge < -0.3 is 4.74 Å². The van der Waals surface area contributed by atoms with Crippen LogP contribution in [0.2, 0.25) is 0 Å². The first kappa shape index (κ1) is 21.7. The minimum Gasteiger partial charge on any atom is -0.461 e. The fourth-order valence-electron chi connectivity index (χ4n) is 3.59. The Labute approximate surface area is 151 Å². The van der Waals surface area contributed by atoms with E-state index >= 15 is 0 Å². The van der Waals surface area contributed by atoms with E-state index in [-0.39, 0.29) is 17.3 Å². The maximum Gasteiger partial charge on any atom is 0.302 e. The summed E-state index contributed by atoms with van der Waals surface area (Å²) in [5, 5.41) is 0.0706. The average molecular weight is 359 g/mol. The second kappa shape index (κ2) is 13.9. The lowest BCUT2D eigenvalue weighted by Gasteiger charge is -2.30. The zero-order valence-electron chi connectivity index (χ0n) is 15.9. The molecule has 2 unspecified atom stereocenters. The second-order valence-corrected chi connectivity index (χ2v) is 9.01. The van der Waals surface area contributed by atoms with Crippen LogP contribution in [0.3, 0.4) is 0 Å². The maximum atomic E-state index is 12.5. The van der Waals surface area contributed by atoms with Crippen molar-refractivity contribution in [1.82, 2.24) is 0 Å². The van der Waals surface area contributed by atoms with Crippen LogP contribution in [-0.2, 0) is 20.3 Å². The molecule has 142 valence electrons. The quantitative estimate of drug-likeness (QED) is 0.321. The summed E-state index contributed by atoms with van der Waals surface area (Å²) < 4.78 is 17.9. The van der Waals surface area contributed by atoms with E-state index < -0.39 is 10.8 Å². The number of esters is 1. The van der Waals surface area contributed by atoms with Gasteiger partial charge in [0.1, 0.15) is 6.10 Å². The van der Waals surface area contributed by atoms with E-state index in [9.17, 15) is 9.00 Å². The molecule has 0 saturated heterocycles. The number of ether oxygens (including phenoxy) is 1. The van der Waals surface area contributed by atoms with Crippen molar-refractivity contribution in [3.8, 4) is 0 Å². The highest BCUT2D eigenvalue weighted by molar-refractivity contribution is 7.85. The molecule has 0 amide bonds. The van der Waals surface area contributed by atoms with Crippen LogP contribution < -0.4 is 0 Å². The predicted molar refractivity (Wildman–Crippen MR) is 103 cm³/mol. The van der Waals surface area contributed by atoms with Crippen LogP contribution in [0.25, 0.3) is 0 Å². The van der Waals surface area contributed by atoms with Crippen molar-refractivity contribution in [3.05, 3.63) is 0 Å². The Morgan fingerprint density at radius 1 is 0.917 bits per heavy atom. The number of carbonyl (C=O) groups excluding carboxylic acids is 1. The SMILES string of the molecule is CCCCCCCCCCCC[S@](=O)C1CCCCC1OC(C)=O. The first-order valence-corrected chi connectivity index (χ1v) is 11.6. The molecule has 1 aliphatic rings. The molecule has 0 heterocycles. The first-order chi connectivity index (χ1) is 11.6. The average Bonchev–Trinajstić information content (AvgIpc) is 2.56. The molecule has 3 atom stereocenters. The lowest BCUT2D eigenvalue weighted by atomic mass is 9.97. The van der Waals surface area contributed by atoms with Gasteiger partial charge >= 0.3 is 5.97 Å². The van der Waals surface area contributed by atoms with Crippen molar-refractivity contribution >= 4 is 16.8 Å². The molecule has 1 fully saturated rings. The fraction of sp³-hybridized carbons (Fsp3) is 0.950. The molecule has 0 N–H and O–H groups in total. The Morgan fingerprint density at radius 3 is 2.04 bits per heavy atom.